The molecule has 1 aliphatic heterocycles. The van der Waals surface area contributed by atoms with Crippen LogP contribution in [0.1, 0.15) is 41.6 Å². The van der Waals surface area contributed by atoms with Gasteiger partial charge in [-0.3, -0.25) is 4.79 Å². The van der Waals surface area contributed by atoms with Gasteiger partial charge in [0.05, 0.1) is 41.6 Å². The summed E-state index contributed by atoms with van der Waals surface area (Å²) in [5.74, 6) is 1.23. The summed E-state index contributed by atoms with van der Waals surface area (Å²) in [6.45, 7) is 3.99. The molecule has 12 heteroatoms. The normalized spacial score (nSPS) is 14.6. The number of nitrogens with zero attached hydrogens (tertiary/aromatic N) is 2. The molecule has 0 saturated carbocycles. The molecule has 3 heterocycles. The van der Waals surface area contributed by atoms with Crippen molar-refractivity contribution >= 4 is 34.4 Å². The van der Waals surface area contributed by atoms with E-state index in [9.17, 15) is 14.7 Å². The van der Waals surface area contributed by atoms with E-state index >= 15 is 0 Å². The van der Waals surface area contributed by atoms with Crippen molar-refractivity contribution in [1.82, 2.24) is 19.9 Å². The zero-order chi connectivity index (χ0) is 30.5. The van der Waals surface area contributed by atoms with E-state index in [0.717, 1.165) is 35.0 Å². The van der Waals surface area contributed by atoms with E-state index in [1.54, 1.807) is 42.5 Å². The van der Waals surface area contributed by atoms with Crippen LogP contribution in [-0.2, 0) is 9.47 Å². The molecule has 2 aromatic heterocycles. The summed E-state index contributed by atoms with van der Waals surface area (Å²) < 4.78 is 15.4. The first kappa shape index (κ1) is 30.4. The Morgan fingerprint density at radius 2 is 1.98 bits per heavy atom. The fraction of sp³-hybridized carbons (Fsp3) is 0.387. The largest absolute Gasteiger partial charge is 0.495 e. The fourth-order valence-corrected chi connectivity index (χ4v) is 5.71. The maximum Gasteiger partial charge on any atom is 0.409 e. The highest BCUT2D eigenvalue weighted by Crippen LogP contribution is 2.33. The van der Waals surface area contributed by atoms with Crippen LogP contribution in [0.5, 0.6) is 5.75 Å². The van der Waals surface area contributed by atoms with Gasteiger partial charge in [0.2, 0.25) is 0 Å². The molecular formula is C31H36ClN5O6. The minimum atomic E-state index is -0.880. The number of amides is 1. The number of imidazole rings is 1. The van der Waals surface area contributed by atoms with Crippen LogP contribution < -0.4 is 15.6 Å². The topological polar surface area (TPSA) is 142 Å². The number of pyridine rings is 1. The summed E-state index contributed by atoms with van der Waals surface area (Å²) in [6.07, 6.45) is 2.00. The van der Waals surface area contributed by atoms with Crippen LogP contribution in [0.15, 0.2) is 47.4 Å². The number of carbonyl (C=O) groups excluding carboxylic acids is 1. The number of aliphatic hydroxyl groups is 1. The number of benzene rings is 2. The third-order valence-corrected chi connectivity index (χ3v) is 8.08. The molecule has 0 unspecified atom stereocenters. The van der Waals surface area contributed by atoms with Crippen molar-refractivity contribution in [2.24, 2.45) is 0 Å². The first-order valence-electron chi connectivity index (χ1n) is 14.2. The van der Waals surface area contributed by atoms with Crippen LogP contribution in [-0.4, -0.2) is 78.1 Å². The first-order valence-corrected chi connectivity index (χ1v) is 14.5. The third kappa shape index (κ3) is 6.79. The molecular weight excluding hydrogens is 574 g/mol. The molecule has 1 amide bonds. The van der Waals surface area contributed by atoms with Gasteiger partial charge in [-0.15, -0.1) is 0 Å². The lowest BCUT2D eigenvalue weighted by atomic mass is 9.88. The number of hydrogen-bond acceptors (Lipinski definition) is 8. The number of rotatable bonds is 10. The average molecular weight is 610 g/mol. The lowest BCUT2D eigenvalue weighted by Gasteiger charge is -2.31. The maximum absolute atomic E-state index is 13.0. The minimum absolute atomic E-state index is 0.140. The zero-order valence-electron chi connectivity index (χ0n) is 24.4. The van der Waals surface area contributed by atoms with Crippen LogP contribution >= 0.6 is 11.6 Å². The van der Waals surface area contributed by atoms with Crippen molar-refractivity contribution in [3.05, 3.63) is 74.7 Å². The Morgan fingerprint density at radius 3 is 2.70 bits per heavy atom. The standard InChI is InChI=1S/C31H36ClN5O6/c1-18-14-21(19-7-10-37(11-8-19)31(40)43-13-12-41-2)16-24-28(18)36-29(35-24)27-23(6-9-33-30(27)39)34-17-25(38)20-4-5-26(42-3)22(32)15-20/h4-6,9,14-16,19,25,38H,7-8,10-13,17H2,1-3H3,(H,35,36)(H2,33,34,39)/t25-/m1/s1. The van der Waals surface area contributed by atoms with Gasteiger partial charge >= 0.3 is 6.09 Å². The summed E-state index contributed by atoms with van der Waals surface area (Å²) >= 11 is 6.23. The number of halogens is 1. The van der Waals surface area contributed by atoms with Gasteiger partial charge in [0, 0.05) is 32.9 Å². The number of fused-ring (bicyclic) bond motifs is 1. The molecule has 228 valence electrons. The number of likely N-dealkylation sites (tertiary alicyclic amines) is 1. The summed E-state index contributed by atoms with van der Waals surface area (Å²) in [7, 11) is 3.10. The monoisotopic (exact) mass is 609 g/mol. The number of aryl methyl sites for hydroxylation is 1. The molecule has 0 aliphatic carbocycles. The molecule has 1 aliphatic rings. The van der Waals surface area contributed by atoms with Gasteiger partial charge in [0.1, 0.15) is 23.7 Å². The van der Waals surface area contributed by atoms with E-state index < -0.39 is 6.10 Å². The Hall–Kier alpha value is -4.06. The summed E-state index contributed by atoms with van der Waals surface area (Å²) in [5.41, 5.74) is 4.94. The van der Waals surface area contributed by atoms with Gasteiger partial charge in [0.15, 0.2) is 0 Å². The van der Waals surface area contributed by atoms with Crippen molar-refractivity contribution in [2.45, 2.75) is 31.8 Å². The summed E-state index contributed by atoms with van der Waals surface area (Å²) in [4.78, 5) is 37.9. The van der Waals surface area contributed by atoms with Crippen LogP contribution in [0.3, 0.4) is 0 Å². The average Bonchev–Trinajstić information content (AvgIpc) is 3.44. The van der Waals surface area contributed by atoms with E-state index in [1.165, 1.54) is 7.11 Å². The number of H-pyrrole nitrogens is 2. The van der Waals surface area contributed by atoms with Gasteiger partial charge < -0.3 is 39.5 Å². The Kier molecular flexibility index (Phi) is 9.54. The van der Waals surface area contributed by atoms with E-state index in [4.69, 9.17) is 30.8 Å². The van der Waals surface area contributed by atoms with Gasteiger partial charge in [-0.1, -0.05) is 23.7 Å². The van der Waals surface area contributed by atoms with E-state index in [-0.39, 0.29) is 30.7 Å². The number of methoxy groups -OCH3 is 2. The second-order valence-corrected chi connectivity index (χ2v) is 11.0. The first-order chi connectivity index (χ1) is 20.8. The molecule has 1 saturated heterocycles. The molecule has 2 aromatic carbocycles. The van der Waals surface area contributed by atoms with Crippen LogP contribution in [0.25, 0.3) is 22.4 Å². The van der Waals surface area contributed by atoms with Gasteiger partial charge in [0.25, 0.3) is 5.56 Å². The summed E-state index contributed by atoms with van der Waals surface area (Å²) in [5, 5.41) is 14.4. The van der Waals surface area contributed by atoms with Crippen LogP contribution in [0.4, 0.5) is 10.5 Å². The predicted molar refractivity (Wildman–Crippen MR) is 165 cm³/mol. The second-order valence-electron chi connectivity index (χ2n) is 10.6. The van der Waals surface area contributed by atoms with E-state index in [2.05, 4.69) is 27.4 Å². The number of piperidine rings is 1. The lowest BCUT2D eigenvalue weighted by molar-refractivity contribution is 0.0659. The molecule has 4 N–H and O–H groups in total. The summed E-state index contributed by atoms with van der Waals surface area (Å²) in [6, 6.07) is 11.1. The van der Waals surface area contributed by atoms with Gasteiger partial charge in [-0.25, -0.2) is 9.78 Å². The molecule has 43 heavy (non-hydrogen) atoms. The smallest absolute Gasteiger partial charge is 0.409 e. The number of aromatic nitrogens is 3. The van der Waals surface area contributed by atoms with Crippen molar-refractivity contribution in [1.29, 1.82) is 0 Å². The quantitative estimate of drug-likeness (QED) is 0.184. The zero-order valence-corrected chi connectivity index (χ0v) is 25.2. The Balaban J connectivity index is 1.32. The van der Waals surface area contributed by atoms with Crippen LogP contribution in [0.2, 0.25) is 5.02 Å². The van der Waals surface area contributed by atoms with Gasteiger partial charge in [-0.05, 0) is 66.6 Å². The Bertz CT molecular complexity index is 1650. The van der Waals surface area contributed by atoms with Gasteiger partial charge in [-0.2, -0.15) is 0 Å². The fourth-order valence-electron chi connectivity index (χ4n) is 5.45. The molecule has 1 fully saturated rings. The molecule has 1 atom stereocenters. The highest BCUT2D eigenvalue weighted by Gasteiger charge is 2.26. The molecule has 11 nitrogen and oxygen atoms in total. The second kappa shape index (κ2) is 13.5. The maximum atomic E-state index is 13.0. The Labute approximate surface area is 254 Å². The number of carbonyl (C=O) groups is 1. The molecule has 4 aromatic rings. The number of hydrogen-bond donors (Lipinski definition) is 4. The highest BCUT2D eigenvalue weighted by atomic mass is 35.5. The van der Waals surface area contributed by atoms with Crippen molar-refractivity contribution < 1.29 is 24.1 Å². The van der Waals surface area contributed by atoms with Crippen molar-refractivity contribution in [3.8, 4) is 17.1 Å². The number of aliphatic hydroxyl groups excluding tert-OH is 1. The minimum Gasteiger partial charge on any atom is -0.495 e. The molecule has 0 radical (unpaired) electrons. The number of ether oxygens (including phenoxy) is 3. The molecule has 0 bridgehead atoms. The SMILES string of the molecule is COCCOC(=O)N1CCC(c2cc(C)c3nc(-c4c(NC[C@@H](O)c5ccc(OC)c(Cl)c5)cc[nH]c4=O)[nH]c3c2)CC1. The van der Waals surface area contributed by atoms with Crippen molar-refractivity contribution in [2.75, 3.05) is 52.4 Å². The molecule has 0 spiro atoms. The van der Waals surface area contributed by atoms with Crippen molar-refractivity contribution in [3.63, 3.8) is 0 Å². The Morgan fingerprint density at radius 1 is 1.19 bits per heavy atom. The van der Waals surface area contributed by atoms with E-state index in [1.807, 2.05) is 6.92 Å². The van der Waals surface area contributed by atoms with E-state index in [0.29, 0.717) is 53.1 Å². The number of anilines is 1. The highest BCUT2D eigenvalue weighted by molar-refractivity contribution is 6.32. The number of aromatic amines is 2. The third-order valence-electron chi connectivity index (χ3n) is 7.78. The molecule has 5 rings (SSSR count). The van der Waals surface area contributed by atoms with Crippen LogP contribution in [0, 0.1) is 6.92 Å². The number of nitrogens with one attached hydrogen (secondary N) is 3. The predicted octanol–water partition coefficient (Wildman–Crippen LogP) is 5.00. The lowest BCUT2D eigenvalue weighted by Crippen LogP contribution is -2.38.